The quantitative estimate of drug-likeness (QED) is 0.793. The average Bonchev–Trinajstić information content (AvgIpc) is 2.42. The van der Waals surface area contributed by atoms with Gasteiger partial charge in [-0.15, -0.1) is 0 Å². The molecule has 0 saturated carbocycles. The normalized spacial score (nSPS) is 12.8. The van der Waals surface area contributed by atoms with Crippen LogP contribution in [0, 0.1) is 5.92 Å². The van der Waals surface area contributed by atoms with Crippen LogP contribution in [-0.4, -0.2) is 45.8 Å². The smallest absolute Gasteiger partial charge is 0.122 e. The Morgan fingerprint density at radius 2 is 1.60 bits per heavy atom. The van der Waals surface area contributed by atoms with Gasteiger partial charge >= 0.3 is 0 Å². The van der Waals surface area contributed by atoms with E-state index >= 15 is 0 Å². The van der Waals surface area contributed by atoms with Crippen molar-refractivity contribution in [2.24, 2.45) is 5.92 Å². The topological polar surface area (TPSA) is 33.7 Å². The second-order valence-corrected chi connectivity index (χ2v) is 5.71. The number of nitrogens with zero attached hydrogens (tertiary/aromatic N) is 1. The highest BCUT2D eigenvalue weighted by atomic mass is 16.5. The van der Waals surface area contributed by atoms with Crippen molar-refractivity contribution in [3.8, 4) is 11.5 Å². The van der Waals surface area contributed by atoms with Crippen LogP contribution in [0.25, 0.3) is 0 Å². The number of likely N-dealkylation sites (N-methyl/N-ethyl adjacent to an activating group) is 1. The van der Waals surface area contributed by atoms with Crippen LogP contribution in [0.15, 0.2) is 18.2 Å². The van der Waals surface area contributed by atoms with E-state index in [-0.39, 0.29) is 0 Å². The molecule has 114 valence electrons. The first-order valence-electron chi connectivity index (χ1n) is 7.06. The molecule has 4 heteroatoms. The maximum atomic E-state index is 5.30. The predicted octanol–water partition coefficient (Wildman–Crippen LogP) is 2.38. The molecule has 0 radical (unpaired) electrons. The Bertz CT molecular complexity index is 383. The van der Waals surface area contributed by atoms with Gasteiger partial charge in [0, 0.05) is 25.2 Å². The fraction of sp³-hybridized carbons (Fsp3) is 0.625. The fourth-order valence-corrected chi connectivity index (χ4v) is 2.12. The standard InChI is InChI=1S/C16H28N2O2/c1-12(2)16(11-18(3)4)17-10-13-7-14(19-5)9-15(8-13)20-6/h7-9,12,16-17H,10-11H2,1-6H3. The first-order chi connectivity index (χ1) is 9.46. The van der Waals surface area contributed by atoms with E-state index < -0.39 is 0 Å². The summed E-state index contributed by atoms with van der Waals surface area (Å²) in [5.41, 5.74) is 1.17. The molecule has 1 N–H and O–H groups in total. The summed E-state index contributed by atoms with van der Waals surface area (Å²) in [5, 5.41) is 3.62. The molecule has 0 aliphatic rings. The van der Waals surface area contributed by atoms with E-state index in [0.29, 0.717) is 12.0 Å². The molecule has 1 atom stereocenters. The lowest BCUT2D eigenvalue weighted by atomic mass is 10.0. The molecule has 0 amide bonds. The Morgan fingerprint density at radius 3 is 2.00 bits per heavy atom. The summed E-state index contributed by atoms with van der Waals surface area (Å²) in [5.74, 6) is 2.25. The number of hydrogen-bond donors (Lipinski definition) is 1. The van der Waals surface area contributed by atoms with E-state index in [1.165, 1.54) is 5.56 Å². The molecule has 0 heterocycles. The molecule has 1 rings (SSSR count). The van der Waals surface area contributed by atoms with Gasteiger partial charge in [0.05, 0.1) is 14.2 Å². The Hall–Kier alpha value is -1.26. The second-order valence-electron chi connectivity index (χ2n) is 5.71. The van der Waals surface area contributed by atoms with Gasteiger partial charge in [0.1, 0.15) is 11.5 Å². The summed E-state index contributed by atoms with van der Waals surface area (Å²) in [6.07, 6.45) is 0. The Morgan fingerprint density at radius 1 is 1.05 bits per heavy atom. The zero-order chi connectivity index (χ0) is 15.1. The third kappa shape index (κ3) is 5.39. The molecular formula is C16H28N2O2. The number of benzene rings is 1. The molecule has 20 heavy (non-hydrogen) atoms. The van der Waals surface area contributed by atoms with Crippen molar-refractivity contribution < 1.29 is 9.47 Å². The van der Waals surface area contributed by atoms with E-state index in [1.807, 2.05) is 18.2 Å². The first-order valence-corrected chi connectivity index (χ1v) is 7.06. The van der Waals surface area contributed by atoms with E-state index in [9.17, 15) is 0 Å². The molecule has 0 aliphatic heterocycles. The minimum Gasteiger partial charge on any atom is -0.497 e. The molecule has 1 aromatic rings. The van der Waals surface area contributed by atoms with Crippen LogP contribution >= 0.6 is 0 Å². The Labute approximate surface area is 123 Å². The molecule has 1 aromatic carbocycles. The van der Waals surface area contributed by atoms with Crippen LogP contribution in [0.4, 0.5) is 0 Å². The van der Waals surface area contributed by atoms with Gasteiger partial charge in [-0.05, 0) is 37.7 Å². The van der Waals surface area contributed by atoms with Gasteiger partial charge < -0.3 is 19.7 Å². The van der Waals surface area contributed by atoms with Crippen LogP contribution in [0.3, 0.4) is 0 Å². The number of nitrogens with one attached hydrogen (secondary N) is 1. The molecule has 0 aromatic heterocycles. The molecule has 0 fully saturated rings. The second kappa shape index (κ2) is 8.12. The monoisotopic (exact) mass is 280 g/mol. The van der Waals surface area contributed by atoms with Crippen LogP contribution < -0.4 is 14.8 Å². The number of ether oxygens (including phenoxy) is 2. The van der Waals surface area contributed by atoms with E-state index in [4.69, 9.17) is 9.47 Å². The minimum absolute atomic E-state index is 0.460. The molecule has 1 unspecified atom stereocenters. The number of methoxy groups -OCH3 is 2. The van der Waals surface area contributed by atoms with Gasteiger partial charge in [-0.2, -0.15) is 0 Å². The fourth-order valence-electron chi connectivity index (χ4n) is 2.12. The average molecular weight is 280 g/mol. The van der Waals surface area contributed by atoms with Crippen LogP contribution in [0.2, 0.25) is 0 Å². The van der Waals surface area contributed by atoms with Crippen molar-refractivity contribution in [1.82, 2.24) is 10.2 Å². The van der Waals surface area contributed by atoms with Crippen LogP contribution in [0.5, 0.6) is 11.5 Å². The highest BCUT2D eigenvalue weighted by molar-refractivity contribution is 5.38. The van der Waals surface area contributed by atoms with Crippen molar-refractivity contribution in [1.29, 1.82) is 0 Å². The summed E-state index contributed by atoms with van der Waals surface area (Å²) in [6, 6.07) is 6.44. The predicted molar refractivity (Wildman–Crippen MR) is 83.6 cm³/mol. The van der Waals surface area contributed by atoms with Gasteiger partial charge in [-0.3, -0.25) is 0 Å². The third-order valence-corrected chi connectivity index (χ3v) is 3.35. The lowest BCUT2D eigenvalue weighted by Crippen LogP contribution is -2.41. The molecule has 0 bridgehead atoms. The molecule has 0 saturated heterocycles. The minimum atomic E-state index is 0.460. The van der Waals surface area contributed by atoms with Gasteiger partial charge in [0.2, 0.25) is 0 Å². The summed E-state index contributed by atoms with van der Waals surface area (Å²) in [7, 11) is 7.56. The van der Waals surface area contributed by atoms with Crippen molar-refractivity contribution in [3.05, 3.63) is 23.8 Å². The summed E-state index contributed by atoms with van der Waals surface area (Å²) < 4.78 is 10.6. The third-order valence-electron chi connectivity index (χ3n) is 3.35. The van der Waals surface area contributed by atoms with Crippen molar-refractivity contribution in [2.45, 2.75) is 26.4 Å². The molecule has 0 spiro atoms. The summed E-state index contributed by atoms with van der Waals surface area (Å²) in [4.78, 5) is 2.21. The van der Waals surface area contributed by atoms with E-state index in [0.717, 1.165) is 24.6 Å². The maximum Gasteiger partial charge on any atom is 0.122 e. The lowest BCUT2D eigenvalue weighted by molar-refractivity contribution is 0.288. The largest absolute Gasteiger partial charge is 0.497 e. The van der Waals surface area contributed by atoms with Crippen LogP contribution in [-0.2, 0) is 6.54 Å². The van der Waals surface area contributed by atoms with Gasteiger partial charge in [-0.1, -0.05) is 13.8 Å². The summed E-state index contributed by atoms with van der Waals surface area (Å²) >= 11 is 0. The number of hydrogen-bond acceptors (Lipinski definition) is 4. The van der Waals surface area contributed by atoms with Crippen molar-refractivity contribution in [3.63, 3.8) is 0 Å². The van der Waals surface area contributed by atoms with Gasteiger partial charge in [0.15, 0.2) is 0 Å². The molecule has 0 aliphatic carbocycles. The lowest BCUT2D eigenvalue weighted by Gasteiger charge is -2.26. The zero-order valence-electron chi connectivity index (χ0n) is 13.6. The Balaban J connectivity index is 2.71. The van der Waals surface area contributed by atoms with E-state index in [1.54, 1.807) is 14.2 Å². The SMILES string of the molecule is COc1cc(CNC(CN(C)C)C(C)C)cc(OC)c1. The van der Waals surface area contributed by atoms with E-state index in [2.05, 4.69) is 38.2 Å². The van der Waals surface area contributed by atoms with Gasteiger partial charge in [-0.25, -0.2) is 0 Å². The number of rotatable bonds is 8. The van der Waals surface area contributed by atoms with Gasteiger partial charge in [0.25, 0.3) is 0 Å². The summed E-state index contributed by atoms with van der Waals surface area (Å²) in [6.45, 7) is 6.32. The van der Waals surface area contributed by atoms with Crippen molar-refractivity contribution >= 4 is 0 Å². The molecular weight excluding hydrogens is 252 g/mol. The van der Waals surface area contributed by atoms with Crippen molar-refractivity contribution in [2.75, 3.05) is 34.9 Å². The Kier molecular flexibility index (Phi) is 6.82. The van der Waals surface area contributed by atoms with Crippen LogP contribution in [0.1, 0.15) is 19.4 Å². The highest BCUT2D eigenvalue weighted by Gasteiger charge is 2.14. The maximum absolute atomic E-state index is 5.30. The molecule has 4 nitrogen and oxygen atoms in total. The highest BCUT2D eigenvalue weighted by Crippen LogP contribution is 2.22. The zero-order valence-corrected chi connectivity index (χ0v) is 13.6. The first kappa shape index (κ1) is 16.8.